The van der Waals surface area contributed by atoms with Crippen LogP contribution in [0.5, 0.6) is 0 Å². The third-order valence-electron chi connectivity index (χ3n) is 2.26. The fraction of sp³-hybridized carbons (Fsp3) is 0.111. The smallest absolute Gasteiger partial charge is 0.335 e. The number of aromatic carboxylic acids is 1. The molecule has 15 heavy (non-hydrogen) atoms. The minimum Gasteiger partial charge on any atom is -0.478 e. The summed E-state index contributed by atoms with van der Waals surface area (Å²) in [5.74, 6) is 4.80. The second kappa shape index (κ2) is 3.25. The van der Waals surface area contributed by atoms with E-state index in [-0.39, 0.29) is 5.56 Å². The average molecular weight is 206 g/mol. The number of aryl methyl sites for hydroxylation is 1. The molecule has 0 bridgehead atoms. The lowest BCUT2D eigenvalue weighted by Gasteiger charge is -1.99. The van der Waals surface area contributed by atoms with Gasteiger partial charge in [0.2, 0.25) is 5.95 Å². The number of hydrogen-bond acceptors (Lipinski definition) is 4. The van der Waals surface area contributed by atoms with E-state index in [2.05, 4.69) is 10.4 Å². The Kier molecular flexibility index (Phi) is 2.05. The van der Waals surface area contributed by atoms with Crippen LogP contribution in [0.15, 0.2) is 18.2 Å². The number of nitrogens with zero attached hydrogens (tertiary/aromatic N) is 2. The second-order valence-corrected chi connectivity index (χ2v) is 3.15. The molecule has 0 aliphatic heterocycles. The zero-order valence-corrected chi connectivity index (χ0v) is 8.06. The number of fused-ring (bicyclic) bond motifs is 1. The number of nitrogen functional groups attached to an aromatic ring is 1. The summed E-state index contributed by atoms with van der Waals surface area (Å²) in [5, 5.41) is 8.83. The molecule has 1 aromatic heterocycles. The number of imidazole rings is 1. The molecule has 0 atom stereocenters. The first-order valence-corrected chi connectivity index (χ1v) is 4.30. The van der Waals surface area contributed by atoms with Gasteiger partial charge in [-0.1, -0.05) is 0 Å². The molecule has 78 valence electrons. The maximum absolute atomic E-state index is 10.8. The molecule has 0 fully saturated rings. The standard InChI is InChI=1S/C9H10N4O2/c1-13-7-4-5(8(14)15)2-3-6(7)11-9(13)12-10/h2-4H,10H2,1H3,(H,11,12)(H,14,15). The number of aromatic nitrogens is 2. The van der Waals surface area contributed by atoms with Gasteiger partial charge in [0.05, 0.1) is 16.6 Å². The minimum absolute atomic E-state index is 0.231. The Hall–Kier alpha value is -2.08. The van der Waals surface area contributed by atoms with Crippen molar-refractivity contribution in [2.24, 2.45) is 12.9 Å². The normalized spacial score (nSPS) is 10.5. The van der Waals surface area contributed by atoms with Gasteiger partial charge in [0.1, 0.15) is 0 Å². The Morgan fingerprint density at radius 1 is 1.60 bits per heavy atom. The fourth-order valence-corrected chi connectivity index (χ4v) is 1.45. The molecule has 0 radical (unpaired) electrons. The molecule has 0 aliphatic rings. The van der Waals surface area contributed by atoms with Gasteiger partial charge >= 0.3 is 5.97 Å². The molecular formula is C9H10N4O2. The molecule has 1 heterocycles. The van der Waals surface area contributed by atoms with Crippen molar-refractivity contribution in [2.45, 2.75) is 0 Å². The average Bonchev–Trinajstić information content (AvgIpc) is 2.55. The number of nitrogens with one attached hydrogen (secondary N) is 1. The SMILES string of the molecule is Cn1c(NN)nc2ccc(C(=O)O)cc21. The van der Waals surface area contributed by atoms with Crippen LogP contribution in [0.2, 0.25) is 0 Å². The first-order chi connectivity index (χ1) is 7.13. The highest BCUT2D eigenvalue weighted by molar-refractivity contribution is 5.93. The van der Waals surface area contributed by atoms with Crippen LogP contribution < -0.4 is 11.3 Å². The third-order valence-corrected chi connectivity index (χ3v) is 2.26. The molecule has 0 saturated heterocycles. The van der Waals surface area contributed by atoms with Crippen molar-refractivity contribution in [1.29, 1.82) is 0 Å². The summed E-state index contributed by atoms with van der Waals surface area (Å²) < 4.78 is 1.70. The molecule has 0 spiro atoms. The first-order valence-electron chi connectivity index (χ1n) is 4.30. The van der Waals surface area contributed by atoms with Gasteiger partial charge in [-0.2, -0.15) is 0 Å². The van der Waals surface area contributed by atoms with Crippen LogP contribution in [-0.4, -0.2) is 20.6 Å². The molecular weight excluding hydrogens is 196 g/mol. The first kappa shape index (κ1) is 9.47. The van der Waals surface area contributed by atoms with Crippen LogP contribution in [0.25, 0.3) is 11.0 Å². The number of benzene rings is 1. The third kappa shape index (κ3) is 1.40. The lowest BCUT2D eigenvalue weighted by atomic mass is 10.2. The Labute approximate surface area is 85.3 Å². The number of carboxylic acids is 1. The second-order valence-electron chi connectivity index (χ2n) is 3.15. The summed E-state index contributed by atoms with van der Waals surface area (Å²) >= 11 is 0. The molecule has 2 aromatic rings. The maximum Gasteiger partial charge on any atom is 0.335 e. The topological polar surface area (TPSA) is 93.2 Å². The lowest BCUT2D eigenvalue weighted by molar-refractivity contribution is 0.0697. The van der Waals surface area contributed by atoms with E-state index >= 15 is 0 Å². The molecule has 0 unspecified atom stereocenters. The predicted octanol–water partition coefficient (Wildman–Crippen LogP) is 0.557. The van der Waals surface area contributed by atoms with Crippen LogP contribution in [0, 0.1) is 0 Å². The van der Waals surface area contributed by atoms with E-state index in [9.17, 15) is 4.79 Å². The van der Waals surface area contributed by atoms with Gasteiger partial charge in [0.15, 0.2) is 0 Å². The highest BCUT2D eigenvalue weighted by Gasteiger charge is 2.09. The van der Waals surface area contributed by atoms with E-state index in [1.165, 1.54) is 6.07 Å². The maximum atomic E-state index is 10.8. The fourth-order valence-electron chi connectivity index (χ4n) is 1.45. The monoisotopic (exact) mass is 206 g/mol. The van der Waals surface area contributed by atoms with Gasteiger partial charge in [0, 0.05) is 7.05 Å². The highest BCUT2D eigenvalue weighted by atomic mass is 16.4. The van der Waals surface area contributed by atoms with Crippen LogP contribution in [-0.2, 0) is 7.05 Å². The number of carboxylic acid groups (broad SMARTS) is 1. The number of hydrazine groups is 1. The van der Waals surface area contributed by atoms with Crippen LogP contribution in [0.4, 0.5) is 5.95 Å². The van der Waals surface area contributed by atoms with Crippen molar-refractivity contribution >= 4 is 23.0 Å². The van der Waals surface area contributed by atoms with E-state index in [0.29, 0.717) is 11.5 Å². The number of carbonyl (C=O) groups is 1. The van der Waals surface area contributed by atoms with Crippen molar-refractivity contribution < 1.29 is 9.90 Å². The zero-order valence-electron chi connectivity index (χ0n) is 8.06. The Bertz CT molecular complexity index is 532. The van der Waals surface area contributed by atoms with Gasteiger partial charge in [0.25, 0.3) is 0 Å². The summed E-state index contributed by atoms with van der Waals surface area (Å²) in [6, 6.07) is 4.73. The van der Waals surface area contributed by atoms with Crippen molar-refractivity contribution in [3.63, 3.8) is 0 Å². The van der Waals surface area contributed by atoms with Crippen molar-refractivity contribution in [1.82, 2.24) is 9.55 Å². The Balaban J connectivity index is 2.70. The van der Waals surface area contributed by atoms with Crippen LogP contribution >= 0.6 is 0 Å². The molecule has 2 rings (SSSR count). The number of nitrogens with two attached hydrogens (primary N) is 1. The lowest BCUT2D eigenvalue weighted by Crippen LogP contribution is -2.11. The number of hydrogen-bond donors (Lipinski definition) is 3. The largest absolute Gasteiger partial charge is 0.478 e. The van der Waals surface area contributed by atoms with Gasteiger partial charge in [-0.15, -0.1) is 0 Å². The molecule has 0 saturated carbocycles. The van der Waals surface area contributed by atoms with Gasteiger partial charge in [-0.3, -0.25) is 5.43 Å². The van der Waals surface area contributed by atoms with Crippen molar-refractivity contribution in [3.05, 3.63) is 23.8 Å². The summed E-state index contributed by atoms with van der Waals surface area (Å²) in [7, 11) is 1.76. The zero-order chi connectivity index (χ0) is 11.0. The van der Waals surface area contributed by atoms with Gasteiger partial charge in [-0.05, 0) is 18.2 Å². The van der Waals surface area contributed by atoms with E-state index in [4.69, 9.17) is 10.9 Å². The molecule has 6 heteroatoms. The van der Waals surface area contributed by atoms with E-state index in [1.54, 1.807) is 23.7 Å². The molecule has 0 aliphatic carbocycles. The van der Waals surface area contributed by atoms with Crippen molar-refractivity contribution in [3.8, 4) is 0 Å². The van der Waals surface area contributed by atoms with Crippen molar-refractivity contribution in [2.75, 3.05) is 5.43 Å². The summed E-state index contributed by atoms with van der Waals surface area (Å²) in [5.41, 5.74) is 4.10. The summed E-state index contributed by atoms with van der Waals surface area (Å²) in [6.07, 6.45) is 0. The Morgan fingerprint density at radius 3 is 2.93 bits per heavy atom. The summed E-state index contributed by atoms with van der Waals surface area (Å²) in [6.45, 7) is 0. The van der Waals surface area contributed by atoms with Crippen LogP contribution in [0.3, 0.4) is 0 Å². The minimum atomic E-state index is -0.958. The van der Waals surface area contributed by atoms with Gasteiger partial charge < -0.3 is 9.67 Å². The Morgan fingerprint density at radius 2 is 2.33 bits per heavy atom. The van der Waals surface area contributed by atoms with E-state index < -0.39 is 5.97 Å². The molecule has 6 nitrogen and oxygen atoms in total. The predicted molar refractivity (Wildman–Crippen MR) is 55.5 cm³/mol. The number of rotatable bonds is 2. The molecule has 4 N–H and O–H groups in total. The quantitative estimate of drug-likeness (QED) is 0.493. The molecule has 1 aromatic carbocycles. The van der Waals surface area contributed by atoms with E-state index in [1.807, 2.05) is 0 Å². The number of anilines is 1. The molecule has 0 amide bonds. The van der Waals surface area contributed by atoms with E-state index in [0.717, 1.165) is 5.52 Å². The highest BCUT2D eigenvalue weighted by Crippen LogP contribution is 2.18. The summed E-state index contributed by atoms with van der Waals surface area (Å²) in [4.78, 5) is 14.9. The van der Waals surface area contributed by atoms with Crippen LogP contribution in [0.1, 0.15) is 10.4 Å². The van der Waals surface area contributed by atoms with Gasteiger partial charge in [-0.25, -0.2) is 15.6 Å².